The first-order valence-electron chi connectivity index (χ1n) is 14.5. The number of anilines is 3. The molecule has 0 radical (unpaired) electrons. The maximum atomic E-state index is 6.25. The average Bonchev–Trinajstić information content (AvgIpc) is 3.43. The fourth-order valence-electron chi connectivity index (χ4n) is 5.19. The number of nitrogens with two attached hydrogens (primary N) is 1. The highest BCUT2D eigenvalue weighted by Gasteiger charge is 2.23. The molecule has 0 aliphatic carbocycles. The molecule has 1 unspecified atom stereocenters. The number of para-hydroxylation sites is 1. The van der Waals surface area contributed by atoms with E-state index in [9.17, 15) is 0 Å². The van der Waals surface area contributed by atoms with Crippen LogP contribution < -0.4 is 21.1 Å². The van der Waals surface area contributed by atoms with Gasteiger partial charge in [0.2, 0.25) is 5.95 Å². The highest BCUT2D eigenvalue weighted by molar-refractivity contribution is 7.80. The molecule has 1 atom stereocenters. The van der Waals surface area contributed by atoms with Crippen LogP contribution in [0, 0.1) is 0 Å². The van der Waals surface area contributed by atoms with Crippen LogP contribution in [0.1, 0.15) is 43.7 Å². The SMILES string of the molecule is CC(Oc1ccc(C(C)(C)Cc2ccccc2NC(=S)Nc2ccc(-c3ccccc3)nn2)cc1)c1ccnc2nc(N)nn12. The van der Waals surface area contributed by atoms with E-state index >= 15 is 0 Å². The molecule has 45 heavy (non-hydrogen) atoms. The van der Waals surface area contributed by atoms with Crippen LogP contribution in [-0.4, -0.2) is 34.9 Å². The van der Waals surface area contributed by atoms with Gasteiger partial charge in [-0.3, -0.25) is 0 Å². The zero-order valence-electron chi connectivity index (χ0n) is 25.2. The lowest BCUT2D eigenvalue weighted by atomic mass is 9.79. The largest absolute Gasteiger partial charge is 0.484 e. The normalized spacial score (nSPS) is 12.1. The third-order valence-electron chi connectivity index (χ3n) is 7.53. The Morgan fingerprint density at radius 3 is 2.42 bits per heavy atom. The number of hydrogen-bond donors (Lipinski definition) is 3. The Hall–Kier alpha value is -5.42. The van der Waals surface area contributed by atoms with Crippen molar-refractivity contribution in [2.75, 3.05) is 16.4 Å². The molecule has 0 fully saturated rings. The van der Waals surface area contributed by atoms with Gasteiger partial charge in [0.1, 0.15) is 11.9 Å². The molecule has 3 heterocycles. The molecule has 6 rings (SSSR count). The molecule has 3 aromatic heterocycles. The topological polar surface area (TPSA) is 128 Å². The van der Waals surface area contributed by atoms with Gasteiger partial charge in [-0.25, -0.2) is 4.98 Å². The molecule has 11 heteroatoms. The molecule has 10 nitrogen and oxygen atoms in total. The van der Waals surface area contributed by atoms with Gasteiger partial charge in [-0.15, -0.1) is 15.3 Å². The minimum Gasteiger partial charge on any atom is -0.484 e. The van der Waals surface area contributed by atoms with Gasteiger partial charge >= 0.3 is 0 Å². The zero-order chi connectivity index (χ0) is 31.4. The highest BCUT2D eigenvalue weighted by Crippen LogP contribution is 2.32. The van der Waals surface area contributed by atoms with E-state index < -0.39 is 0 Å². The minimum atomic E-state index is -0.293. The lowest BCUT2D eigenvalue weighted by Crippen LogP contribution is -2.24. The highest BCUT2D eigenvalue weighted by atomic mass is 32.1. The Kier molecular flexibility index (Phi) is 8.35. The first kappa shape index (κ1) is 29.6. The lowest BCUT2D eigenvalue weighted by Gasteiger charge is -2.27. The first-order chi connectivity index (χ1) is 21.7. The van der Waals surface area contributed by atoms with Crippen molar-refractivity contribution in [2.45, 2.75) is 38.7 Å². The van der Waals surface area contributed by atoms with Crippen molar-refractivity contribution in [3.05, 3.63) is 120 Å². The first-order valence-corrected chi connectivity index (χ1v) is 15.0. The summed E-state index contributed by atoms with van der Waals surface area (Å²) < 4.78 is 7.86. The van der Waals surface area contributed by atoms with E-state index in [0.29, 0.717) is 16.7 Å². The number of hydrogen-bond acceptors (Lipinski definition) is 8. The summed E-state index contributed by atoms with van der Waals surface area (Å²) in [5.74, 6) is 1.93. The lowest BCUT2D eigenvalue weighted by molar-refractivity contribution is 0.218. The van der Waals surface area contributed by atoms with Gasteiger partial charge in [-0.1, -0.05) is 74.5 Å². The molecular weight excluding hydrogens is 583 g/mol. The van der Waals surface area contributed by atoms with Crippen LogP contribution in [-0.2, 0) is 11.8 Å². The Morgan fingerprint density at radius 1 is 0.911 bits per heavy atom. The Bertz CT molecular complexity index is 1920. The number of nitrogens with one attached hydrogen (secondary N) is 2. The van der Waals surface area contributed by atoms with E-state index in [1.165, 1.54) is 5.56 Å². The molecule has 226 valence electrons. The van der Waals surface area contributed by atoms with Crippen LogP contribution in [0.5, 0.6) is 5.75 Å². The van der Waals surface area contributed by atoms with Crippen molar-refractivity contribution >= 4 is 40.6 Å². The van der Waals surface area contributed by atoms with Crippen LogP contribution in [0.4, 0.5) is 17.5 Å². The monoisotopic (exact) mass is 615 g/mol. The Morgan fingerprint density at radius 2 is 1.67 bits per heavy atom. The van der Waals surface area contributed by atoms with Crippen molar-refractivity contribution in [2.24, 2.45) is 0 Å². The summed E-state index contributed by atoms with van der Waals surface area (Å²) in [6.07, 6.45) is 2.17. The molecule has 0 aliphatic rings. The third kappa shape index (κ3) is 6.89. The second kappa shape index (κ2) is 12.7. The summed E-state index contributed by atoms with van der Waals surface area (Å²) in [5, 5.41) is 19.8. The van der Waals surface area contributed by atoms with E-state index in [1.54, 1.807) is 10.7 Å². The predicted octanol–water partition coefficient (Wildman–Crippen LogP) is 6.63. The number of aromatic nitrogens is 6. The summed E-state index contributed by atoms with van der Waals surface area (Å²) in [5.41, 5.74) is 11.5. The number of ether oxygens (including phenoxy) is 1. The number of fused-ring (bicyclic) bond motifs is 1. The molecule has 0 saturated heterocycles. The summed E-state index contributed by atoms with van der Waals surface area (Å²) in [6.45, 7) is 6.41. The summed E-state index contributed by atoms with van der Waals surface area (Å²) in [4.78, 5) is 8.34. The molecule has 0 aliphatic heterocycles. The van der Waals surface area contributed by atoms with E-state index in [4.69, 9.17) is 22.7 Å². The zero-order valence-corrected chi connectivity index (χ0v) is 26.0. The van der Waals surface area contributed by atoms with Gasteiger partial charge in [0.15, 0.2) is 10.9 Å². The predicted molar refractivity (Wildman–Crippen MR) is 181 cm³/mol. The quantitative estimate of drug-likeness (QED) is 0.152. The van der Waals surface area contributed by atoms with Crippen molar-refractivity contribution in [3.63, 3.8) is 0 Å². The number of thiocarbonyl (C=S) groups is 1. The average molecular weight is 616 g/mol. The Balaban J connectivity index is 1.10. The fourth-order valence-corrected chi connectivity index (χ4v) is 5.40. The maximum Gasteiger partial charge on any atom is 0.254 e. The summed E-state index contributed by atoms with van der Waals surface area (Å²) >= 11 is 5.63. The number of nitrogen functional groups attached to an aromatic ring is 1. The Labute approximate surface area is 266 Å². The van der Waals surface area contributed by atoms with Crippen LogP contribution in [0.3, 0.4) is 0 Å². The van der Waals surface area contributed by atoms with Crippen LogP contribution in [0.25, 0.3) is 17.0 Å². The number of nitrogens with zero attached hydrogens (tertiary/aromatic N) is 6. The van der Waals surface area contributed by atoms with Crippen molar-refractivity contribution in [3.8, 4) is 17.0 Å². The van der Waals surface area contributed by atoms with Gasteiger partial charge in [0, 0.05) is 17.4 Å². The second-order valence-corrected chi connectivity index (χ2v) is 11.7. The molecule has 6 aromatic rings. The molecule has 0 spiro atoms. The van der Waals surface area contributed by atoms with Crippen LogP contribution in [0.2, 0.25) is 0 Å². The molecule has 4 N–H and O–H groups in total. The summed E-state index contributed by atoms with van der Waals surface area (Å²) in [6, 6.07) is 32.0. The van der Waals surface area contributed by atoms with Gasteiger partial charge in [-0.2, -0.15) is 9.50 Å². The van der Waals surface area contributed by atoms with Gasteiger partial charge in [0.05, 0.1) is 11.4 Å². The van der Waals surface area contributed by atoms with Crippen LogP contribution in [0.15, 0.2) is 103 Å². The smallest absolute Gasteiger partial charge is 0.254 e. The van der Waals surface area contributed by atoms with Gasteiger partial charge in [0.25, 0.3) is 5.78 Å². The van der Waals surface area contributed by atoms with E-state index in [-0.39, 0.29) is 17.5 Å². The minimum absolute atomic E-state index is 0.173. The van der Waals surface area contributed by atoms with E-state index in [1.807, 2.05) is 85.8 Å². The molecule has 3 aromatic carbocycles. The fraction of sp³-hybridized carbons (Fsp3) is 0.176. The van der Waals surface area contributed by atoms with Crippen molar-refractivity contribution < 1.29 is 4.74 Å². The number of rotatable bonds is 9. The second-order valence-electron chi connectivity index (χ2n) is 11.3. The molecule has 0 saturated carbocycles. The van der Waals surface area contributed by atoms with Crippen molar-refractivity contribution in [1.82, 2.24) is 29.8 Å². The molecular formula is C34H33N9OS. The van der Waals surface area contributed by atoms with Crippen molar-refractivity contribution in [1.29, 1.82) is 0 Å². The van der Waals surface area contributed by atoms with Gasteiger partial charge < -0.3 is 21.1 Å². The molecule has 0 bridgehead atoms. The standard InChI is InChI=1S/C34H33N9OS/c1-22(29-19-20-36-32-39-31(35)42-43(29)32)44-26-15-13-25(14-16-26)34(2,3)21-24-11-7-8-12-27(24)37-33(45)38-30-18-17-28(40-41-30)23-9-5-4-6-10-23/h4-20,22H,21H2,1-3H3,(H2,35,42)(H2,37,38,41,45). The third-order valence-corrected chi connectivity index (χ3v) is 7.73. The van der Waals surface area contributed by atoms with E-state index in [2.05, 4.69) is 67.9 Å². The van der Waals surface area contributed by atoms with Gasteiger partial charge in [-0.05, 0) is 78.5 Å². The van der Waals surface area contributed by atoms with E-state index in [0.717, 1.165) is 40.4 Å². The maximum absolute atomic E-state index is 6.25. The summed E-state index contributed by atoms with van der Waals surface area (Å²) in [7, 11) is 0. The number of benzene rings is 3. The molecule has 0 amide bonds. The van der Waals surface area contributed by atoms with Crippen LogP contribution >= 0.6 is 12.2 Å².